The Morgan fingerprint density at radius 1 is 1.15 bits per heavy atom. The molecular weight excluding hydrogens is 344 g/mol. The summed E-state index contributed by atoms with van der Waals surface area (Å²) in [5.74, 6) is 0.675. The van der Waals surface area contributed by atoms with E-state index in [0.717, 1.165) is 30.9 Å². The molecular formula is C20H26N4O3. The summed E-state index contributed by atoms with van der Waals surface area (Å²) in [6.45, 7) is 4.28. The van der Waals surface area contributed by atoms with Crippen LogP contribution in [0.1, 0.15) is 24.4 Å². The number of likely N-dealkylation sites (tertiary alicyclic amines) is 1. The van der Waals surface area contributed by atoms with Crippen molar-refractivity contribution in [2.75, 3.05) is 46.9 Å². The Morgan fingerprint density at radius 3 is 2.63 bits per heavy atom. The number of benzene rings is 1. The standard InChI is InChI=1S/C20H26N4O3/c1-22-15-13-24(12-11-23-9-5-6-10-23)19(25)17(15)18(21-20(22)26)14-7-3-4-8-16(14)27-2/h3-4,7-8,18H,5-6,9-13H2,1-2H3,(H,21,26)/t18-/m0/s1. The van der Waals surface area contributed by atoms with E-state index in [2.05, 4.69) is 10.2 Å². The molecule has 1 N–H and O–H groups in total. The molecule has 7 nitrogen and oxygen atoms in total. The SMILES string of the molecule is COc1ccccc1[C@@H]1NC(=O)N(C)C2=C1C(=O)N(CCN1CCCC1)C2. The van der Waals surface area contributed by atoms with Gasteiger partial charge < -0.3 is 19.9 Å². The van der Waals surface area contributed by atoms with Crippen LogP contribution in [0.25, 0.3) is 0 Å². The number of para-hydroxylation sites is 1. The summed E-state index contributed by atoms with van der Waals surface area (Å²) in [5, 5.41) is 2.97. The molecule has 3 amide bonds. The molecule has 1 aromatic carbocycles. The Kier molecular flexibility index (Phi) is 4.78. The number of ether oxygens (including phenoxy) is 1. The highest BCUT2D eigenvalue weighted by atomic mass is 16.5. The summed E-state index contributed by atoms with van der Waals surface area (Å²) < 4.78 is 5.47. The number of hydrogen-bond donors (Lipinski definition) is 1. The van der Waals surface area contributed by atoms with E-state index in [9.17, 15) is 9.59 Å². The first-order valence-electron chi connectivity index (χ1n) is 9.52. The minimum absolute atomic E-state index is 0.00644. The van der Waals surface area contributed by atoms with Gasteiger partial charge in [0.2, 0.25) is 0 Å². The normalized spacial score (nSPS) is 23.1. The lowest BCUT2D eigenvalue weighted by Gasteiger charge is -2.31. The van der Waals surface area contributed by atoms with Crippen molar-refractivity contribution >= 4 is 11.9 Å². The lowest BCUT2D eigenvalue weighted by atomic mass is 9.95. The van der Waals surface area contributed by atoms with Crippen LogP contribution in [0.3, 0.4) is 0 Å². The number of carbonyl (C=O) groups is 2. The van der Waals surface area contributed by atoms with Crippen molar-refractivity contribution in [3.8, 4) is 5.75 Å². The van der Waals surface area contributed by atoms with E-state index in [0.29, 0.717) is 24.4 Å². The molecule has 0 bridgehead atoms. The molecule has 1 fully saturated rings. The summed E-state index contributed by atoms with van der Waals surface area (Å²) in [6.07, 6.45) is 2.47. The molecule has 0 aromatic heterocycles. The van der Waals surface area contributed by atoms with Crippen LogP contribution in [0.5, 0.6) is 5.75 Å². The number of carbonyl (C=O) groups excluding carboxylic acids is 2. The van der Waals surface area contributed by atoms with Crippen molar-refractivity contribution < 1.29 is 14.3 Å². The average Bonchev–Trinajstić information content (AvgIpc) is 3.31. The third-order valence-electron chi connectivity index (χ3n) is 5.77. The molecule has 0 unspecified atom stereocenters. The molecule has 4 rings (SSSR count). The molecule has 1 atom stereocenters. The Morgan fingerprint density at radius 2 is 1.89 bits per heavy atom. The van der Waals surface area contributed by atoms with E-state index in [1.54, 1.807) is 19.1 Å². The maximum atomic E-state index is 13.2. The van der Waals surface area contributed by atoms with E-state index < -0.39 is 6.04 Å². The molecule has 3 aliphatic rings. The van der Waals surface area contributed by atoms with Gasteiger partial charge in [-0.3, -0.25) is 9.69 Å². The smallest absolute Gasteiger partial charge is 0.322 e. The van der Waals surface area contributed by atoms with Gasteiger partial charge in [0, 0.05) is 25.7 Å². The first-order chi connectivity index (χ1) is 13.1. The zero-order valence-electron chi connectivity index (χ0n) is 15.9. The minimum atomic E-state index is -0.482. The monoisotopic (exact) mass is 370 g/mol. The third kappa shape index (κ3) is 3.16. The van der Waals surface area contributed by atoms with Gasteiger partial charge >= 0.3 is 6.03 Å². The summed E-state index contributed by atoms with van der Waals surface area (Å²) >= 11 is 0. The second-order valence-corrected chi connectivity index (χ2v) is 7.32. The lowest BCUT2D eigenvalue weighted by molar-refractivity contribution is -0.126. The lowest BCUT2D eigenvalue weighted by Crippen LogP contribution is -2.45. The summed E-state index contributed by atoms with van der Waals surface area (Å²) in [4.78, 5) is 31.5. The van der Waals surface area contributed by atoms with Gasteiger partial charge in [-0.2, -0.15) is 0 Å². The van der Waals surface area contributed by atoms with Crippen molar-refractivity contribution in [3.05, 3.63) is 41.1 Å². The van der Waals surface area contributed by atoms with Crippen molar-refractivity contribution in [1.82, 2.24) is 20.0 Å². The van der Waals surface area contributed by atoms with Gasteiger partial charge in [-0.05, 0) is 32.0 Å². The molecule has 1 aromatic rings. The zero-order chi connectivity index (χ0) is 19.0. The van der Waals surface area contributed by atoms with Crippen LogP contribution in [-0.2, 0) is 4.79 Å². The number of nitrogens with zero attached hydrogens (tertiary/aromatic N) is 3. The number of nitrogens with one attached hydrogen (secondary N) is 1. The maximum absolute atomic E-state index is 13.2. The first kappa shape index (κ1) is 17.9. The highest BCUT2D eigenvalue weighted by Crippen LogP contribution is 2.38. The number of likely N-dealkylation sites (N-methyl/N-ethyl adjacent to an activating group) is 1. The second kappa shape index (κ2) is 7.23. The highest BCUT2D eigenvalue weighted by Gasteiger charge is 2.43. The molecule has 144 valence electrons. The fourth-order valence-corrected chi connectivity index (χ4v) is 4.21. The molecule has 0 spiro atoms. The molecule has 0 radical (unpaired) electrons. The van der Waals surface area contributed by atoms with Crippen LogP contribution in [0.2, 0.25) is 0 Å². The molecule has 0 saturated carbocycles. The van der Waals surface area contributed by atoms with E-state index in [-0.39, 0.29) is 11.9 Å². The number of amides is 3. The van der Waals surface area contributed by atoms with Gasteiger partial charge in [0.1, 0.15) is 5.75 Å². The van der Waals surface area contributed by atoms with Crippen LogP contribution in [0, 0.1) is 0 Å². The van der Waals surface area contributed by atoms with Crippen LogP contribution < -0.4 is 10.1 Å². The molecule has 0 aliphatic carbocycles. The summed E-state index contributed by atoms with van der Waals surface area (Å²) in [7, 11) is 3.32. The van der Waals surface area contributed by atoms with Gasteiger partial charge in [0.05, 0.1) is 31.0 Å². The number of urea groups is 1. The fraction of sp³-hybridized carbons (Fsp3) is 0.500. The molecule has 1 saturated heterocycles. The van der Waals surface area contributed by atoms with Gasteiger partial charge in [0.25, 0.3) is 5.91 Å². The second-order valence-electron chi connectivity index (χ2n) is 7.32. The van der Waals surface area contributed by atoms with Gasteiger partial charge in [-0.1, -0.05) is 18.2 Å². The quantitative estimate of drug-likeness (QED) is 0.855. The summed E-state index contributed by atoms with van der Waals surface area (Å²) in [6, 6.07) is 6.85. The predicted octanol–water partition coefficient (Wildman–Crippen LogP) is 1.58. The van der Waals surface area contributed by atoms with E-state index in [1.165, 1.54) is 12.8 Å². The van der Waals surface area contributed by atoms with Crippen LogP contribution >= 0.6 is 0 Å². The Balaban J connectivity index is 1.60. The van der Waals surface area contributed by atoms with Crippen LogP contribution in [0.4, 0.5) is 4.79 Å². The van der Waals surface area contributed by atoms with Gasteiger partial charge in [0.15, 0.2) is 0 Å². The highest BCUT2D eigenvalue weighted by molar-refractivity contribution is 6.01. The third-order valence-corrected chi connectivity index (χ3v) is 5.77. The van der Waals surface area contributed by atoms with E-state index >= 15 is 0 Å². The topological polar surface area (TPSA) is 65.1 Å². The van der Waals surface area contributed by atoms with Crippen molar-refractivity contribution in [2.45, 2.75) is 18.9 Å². The van der Waals surface area contributed by atoms with Crippen LogP contribution in [0.15, 0.2) is 35.5 Å². The predicted molar refractivity (Wildman–Crippen MR) is 101 cm³/mol. The zero-order valence-corrected chi connectivity index (χ0v) is 15.9. The van der Waals surface area contributed by atoms with Gasteiger partial charge in [-0.25, -0.2) is 4.79 Å². The Labute approximate surface area is 159 Å². The largest absolute Gasteiger partial charge is 0.496 e. The fourth-order valence-electron chi connectivity index (χ4n) is 4.21. The maximum Gasteiger partial charge on any atom is 0.322 e. The van der Waals surface area contributed by atoms with E-state index in [4.69, 9.17) is 4.74 Å². The Bertz CT molecular complexity index is 785. The van der Waals surface area contributed by atoms with Gasteiger partial charge in [-0.15, -0.1) is 0 Å². The minimum Gasteiger partial charge on any atom is -0.496 e. The van der Waals surface area contributed by atoms with Crippen molar-refractivity contribution in [1.29, 1.82) is 0 Å². The van der Waals surface area contributed by atoms with Crippen LogP contribution in [-0.4, -0.2) is 73.5 Å². The number of rotatable bonds is 5. The molecule has 27 heavy (non-hydrogen) atoms. The first-order valence-corrected chi connectivity index (χ1v) is 9.52. The summed E-state index contributed by atoms with van der Waals surface area (Å²) in [5.41, 5.74) is 2.26. The number of methoxy groups -OCH3 is 1. The molecule has 3 heterocycles. The molecule has 3 aliphatic heterocycles. The van der Waals surface area contributed by atoms with Crippen molar-refractivity contribution in [3.63, 3.8) is 0 Å². The Hall–Kier alpha value is -2.54. The van der Waals surface area contributed by atoms with E-state index in [1.807, 2.05) is 29.2 Å². The van der Waals surface area contributed by atoms with Crippen molar-refractivity contribution in [2.24, 2.45) is 0 Å². The molecule has 7 heteroatoms. The number of hydrogen-bond acceptors (Lipinski definition) is 4. The average molecular weight is 370 g/mol.